The molecule has 0 aromatic carbocycles. The molecular weight excluding hydrogens is 418 g/mol. The Morgan fingerprint density at radius 1 is 1.23 bits per heavy atom. The molecule has 2 aliphatic heterocycles. The summed E-state index contributed by atoms with van der Waals surface area (Å²) in [7, 11) is 0. The molecule has 4 heterocycles. The first-order chi connectivity index (χ1) is 14.6. The van der Waals surface area contributed by atoms with Crippen molar-refractivity contribution in [3.63, 3.8) is 0 Å². The first kappa shape index (κ1) is 20.5. The van der Waals surface area contributed by atoms with E-state index in [0.29, 0.717) is 11.7 Å². The van der Waals surface area contributed by atoms with Crippen LogP contribution in [-0.4, -0.2) is 51.4 Å². The van der Waals surface area contributed by atoms with Crippen molar-refractivity contribution in [1.29, 1.82) is 0 Å². The maximum Gasteiger partial charge on any atom is 0.263 e. The first-order valence-electron chi connectivity index (χ1n) is 11.2. The van der Waals surface area contributed by atoms with Crippen LogP contribution in [0, 0.1) is 0 Å². The van der Waals surface area contributed by atoms with Gasteiger partial charge in [0.15, 0.2) is 5.16 Å². The quantitative estimate of drug-likeness (QED) is 0.517. The van der Waals surface area contributed by atoms with Crippen LogP contribution in [-0.2, 0) is 28.9 Å². The second kappa shape index (κ2) is 8.63. The molecule has 6 nitrogen and oxygen atoms in total. The molecule has 0 radical (unpaired) electrons. The average Bonchev–Trinajstić information content (AvgIpc) is 3.50. The standard InChI is InChI=1S/C22H29N3O3S2/c1-14(20(26)24-10-4-5-11-24)29-22-23-19-18(16-8-2-3-9-17(16)30-19)21(27)25(22)13-15-7-6-12-28-15/h14-15H,2-13H2,1H3. The fourth-order valence-corrected chi connectivity index (χ4v) is 7.17. The van der Waals surface area contributed by atoms with Gasteiger partial charge in [-0.2, -0.15) is 0 Å². The number of thiophene rings is 1. The number of aryl methyl sites for hydroxylation is 2. The second-order valence-corrected chi connectivity index (χ2v) is 11.0. The van der Waals surface area contributed by atoms with E-state index in [1.807, 2.05) is 11.8 Å². The lowest BCUT2D eigenvalue weighted by molar-refractivity contribution is -0.129. The minimum atomic E-state index is -0.252. The summed E-state index contributed by atoms with van der Waals surface area (Å²) in [6.07, 6.45) is 8.58. The summed E-state index contributed by atoms with van der Waals surface area (Å²) in [5, 5.41) is 1.23. The normalized spacial score (nSPS) is 22.6. The van der Waals surface area contributed by atoms with Crippen LogP contribution in [0.1, 0.15) is 55.9 Å². The van der Waals surface area contributed by atoms with Gasteiger partial charge in [0.1, 0.15) is 4.83 Å². The zero-order valence-corrected chi connectivity index (χ0v) is 19.2. The van der Waals surface area contributed by atoms with Crippen LogP contribution in [0.25, 0.3) is 10.2 Å². The van der Waals surface area contributed by atoms with E-state index in [-0.39, 0.29) is 22.8 Å². The van der Waals surface area contributed by atoms with Gasteiger partial charge < -0.3 is 9.64 Å². The fourth-order valence-electron chi connectivity index (χ4n) is 4.87. The Morgan fingerprint density at radius 3 is 2.80 bits per heavy atom. The van der Waals surface area contributed by atoms with Crippen molar-refractivity contribution in [3.8, 4) is 0 Å². The van der Waals surface area contributed by atoms with E-state index in [0.717, 1.165) is 74.9 Å². The molecule has 1 amide bonds. The summed E-state index contributed by atoms with van der Waals surface area (Å²) in [6.45, 7) is 4.92. The third-order valence-electron chi connectivity index (χ3n) is 6.50. The van der Waals surface area contributed by atoms with E-state index in [4.69, 9.17) is 9.72 Å². The van der Waals surface area contributed by atoms with Gasteiger partial charge in [0.05, 0.1) is 23.3 Å². The largest absolute Gasteiger partial charge is 0.376 e. The molecule has 2 saturated heterocycles. The van der Waals surface area contributed by atoms with Crippen LogP contribution in [0.3, 0.4) is 0 Å². The van der Waals surface area contributed by atoms with Gasteiger partial charge in [0, 0.05) is 24.6 Å². The number of hydrogen-bond acceptors (Lipinski definition) is 6. The molecule has 0 bridgehead atoms. The highest BCUT2D eigenvalue weighted by molar-refractivity contribution is 8.00. The molecule has 8 heteroatoms. The Morgan fingerprint density at radius 2 is 2.03 bits per heavy atom. The second-order valence-electron chi connectivity index (χ2n) is 8.63. The zero-order valence-electron chi connectivity index (χ0n) is 17.5. The number of hydrogen-bond donors (Lipinski definition) is 0. The van der Waals surface area contributed by atoms with Gasteiger partial charge >= 0.3 is 0 Å². The minimum Gasteiger partial charge on any atom is -0.376 e. The van der Waals surface area contributed by atoms with Gasteiger partial charge in [-0.3, -0.25) is 14.2 Å². The number of likely N-dealkylation sites (tertiary alicyclic amines) is 1. The number of amides is 1. The lowest BCUT2D eigenvalue weighted by atomic mass is 9.97. The van der Waals surface area contributed by atoms with Crippen LogP contribution < -0.4 is 5.56 Å². The number of carbonyl (C=O) groups excluding carboxylic acids is 1. The van der Waals surface area contributed by atoms with Crippen molar-refractivity contribution in [1.82, 2.24) is 14.5 Å². The van der Waals surface area contributed by atoms with Crippen molar-refractivity contribution in [2.24, 2.45) is 0 Å². The van der Waals surface area contributed by atoms with Gasteiger partial charge in [-0.25, -0.2) is 4.98 Å². The van der Waals surface area contributed by atoms with E-state index in [2.05, 4.69) is 0 Å². The van der Waals surface area contributed by atoms with Gasteiger partial charge in [-0.1, -0.05) is 11.8 Å². The highest BCUT2D eigenvalue weighted by Gasteiger charge is 2.28. The predicted molar refractivity (Wildman–Crippen MR) is 121 cm³/mol. The summed E-state index contributed by atoms with van der Waals surface area (Å²) < 4.78 is 7.64. The predicted octanol–water partition coefficient (Wildman–Crippen LogP) is 3.62. The SMILES string of the molecule is CC(Sc1nc2sc3c(c2c(=O)n1CC1CCCO1)CCCC3)C(=O)N1CCCC1. The summed E-state index contributed by atoms with van der Waals surface area (Å²) in [5.74, 6) is 0.154. The monoisotopic (exact) mass is 447 g/mol. The van der Waals surface area contributed by atoms with Crippen molar-refractivity contribution < 1.29 is 9.53 Å². The molecular formula is C22H29N3O3S2. The van der Waals surface area contributed by atoms with E-state index in [1.54, 1.807) is 15.9 Å². The first-order valence-corrected chi connectivity index (χ1v) is 12.9. The Labute approximate surface area is 185 Å². The molecule has 0 spiro atoms. The number of nitrogens with zero attached hydrogens (tertiary/aromatic N) is 3. The minimum absolute atomic E-state index is 0.0539. The van der Waals surface area contributed by atoms with Crippen LogP contribution in [0.5, 0.6) is 0 Å². The molecule has 0 saturated carbocycles. The highest BCUT2D eigenvalue weighted by atomic mass is 32.2. The van der Waals surface area contributed by atoms with Crippen LogP contribution in [0.2, 0.25) is 0 Å². The Bertz CT molecular complexity index is 1000. The van der Waals surface area contributed by atoms with Crippen molar-refractivity contribution in [3.05, 3.63) is 20.8 Å². The van der Waals surface area contributed by atoms with Crippen molar-refractivity contribution >= 4 is 39.2 Å². The molecule has 0 N–H and O–H groups in total. The molecule has 2 atom stereocenters. The fraction of sp³-hybridized carbons (Fsp3) is 0.682. The zero-order chi connectivity index (χ0) is 20.7. The van der Waals surface area contributed by atoms with Crippen LogP contribution in [0.15, 0.2) is 9.95 Å². The Hall–Kier alpha value is -1.38. The third kappa shape index (κ3) is 3.82. The van der Waals surface area contributed by atoms with Crippen molar-refractivity contribution in [2.75, 3.05) is 19.7 Å². The van der Waals surface area contributed by atoms with Gasteiger partial charge in [-0.05, 0) is 63.9 Å². The molecule has 2 aromatic rings. The molecule has 5 rings (SSSR count). The van der Waals surface area contributed by atoms with E-state index in [9.17, 15) is 9.59 Å². The van der Waals surface area contributed by atoms with Gasteiger partial charge in [0.2, 0.25) is 5.91 Å². The lowest BCUT2D eigenvalue weighted by Gasteiger charge is -2.21. The summed E-state index contributed by atoms with van der Waals surface area (Å²) in [6, 6.07) is 0. The maximum absolute atomic E-state index is 13.6. The number of aromatic nitrogens is 2. The van der Waals surface area contributed by atoms with Crippen LogP contribution in [0.4, 0.5) is 0 Å². The third-order valence-corrected chi connectivity index (χ3v) is 8.76. The highest BCUT2D eigenvalue weighted by Crippen LogP contribution is 2.35. The lowest BCUT2D eigenvalue weighted by Crippen LogP contribution is -2.35. The van der Waals surface area contributed by atoms with Gasteiger partial charge in [0.25, 0.3) is 5.56 Å². The Balaban J connectivity index is 1.53. The van der Waals surface area contributed by atoms with E-state index in [1.165, 1.54) is 28.6 Å². The van der Waals surface area contributed by atoms with Crippen molar-refractivity contribution in [2.45, 2.75) is 81.3 Å². The molecule has 2 aromatic heterocycles. The summed E-state index contributed by atoms with van der Waals surface area (Å²) in [4.78, 5) is 35.6. The number of carbonyl (C=O) groups is 1. The van der Waals surface area contributed by atoms with E-state index < -0.39 is 0 Å². The molecule has 1 aliphatic carbocycles. The number of thioether (sulfide) groups is 1. The molecule has 162 valence electrons. The van der Waals surface area contributed by atoms with Crippen LogP contribution >= 0.6 is 23.1 Å². The number of fused-ring (bicyclic) bond motifs is 3. The molecule has 30 heavy (non-hydrogen) atoms. The number of rotatable bonds is 5. The maximum atomic E-state index is 13.6. The smallest absolute Gasteiger partial charge is 0.263 e. The Kier molecular flexibility index (Phi) is 5.90. The summed E-state index contributed by atoms with van der Waals surface area (Å²) >= 11 is 3.11. The average molecular weight is 448 g/mol. The molecule has 2 unspecified atom stereocenters. The molecule has 2 fully saturated rings. The number of ether oxygens (including phenoxy) is 1. The topological polar surface area (TPSA) is 64.4 Å². The molecule has 3 aliphatic rings. The van der Waals surface area contributed by atoms with E-state index >= 15 is 0 Å². The van der Waals surface area contributed by atoms with Gasteiger partial charge in [-0.15, -0.1) is 11.3 Å². The summed E-state index contributed by atoms with van der Waals surface area (Å²) in [5.41, 5.74) is 1.27.